The van der Waals surface area contributed by atoms with Gasteiger partial charge in [-0.15, -0.1) is 0 Å². The first-order valence-electron chi connectivity index (χ1n) is 6.75. The number of hydrogen-bond donors (Lipinski definition) is 0. The maximum absolute atomic E-state index is 2.48. The van der Waals surface area contributed by atoms with Crippen LogP contribution in [0.25, 0.3) is 0 Å². The largest absolute Gasteiger partial charge is 0.0973 e. The van der Waals surface area contributed by atoms with E-state index in [4.69, 9.17) is 0 Å². The fourth-order valence-electron chi connectivity index (χ4n) is 3.28. The van der Waals surface area contributed by atoms with Crippen LogP contribution in [0.4, 0.5) is 0 Å². The second kappa shape index (κ2) is 4.20. The topological polar surface area (TPSA) is 0 Å². The van der Waals surface area contributed by atoms with E-state index < -0.39 is 0 Å². The molecule has 0 nitrogen and oxygen atoms in total. The Labute approximate surface area is 104 Å². The molecular formula is C14H28P2. The molecule has 2 saturated heterocycles. The average molecular weight is 258 g/mol. The van der Waals surface area contributed by atoms with E-state index in [0.717, 1.165) is 11.3 Å². The van der Waals surface area contributed by atoms with Crippen molar-refractivity contribution in [1.82, 2.24) is 0 Å². The average Bonchev–Trinajstić information content (AvgIpc) is 1.87. The molecular weight excluding hydrogens is 230 g/mol. The van der Waals surface area contributed by atoms with E-state index in [9.17, 15) is 0 Å². The quantitative estimate of drug-likeness (QED) is 0.574. The molecule has 16 heavy (non-hydrogen) atoms. The molecule has 2 fully saturated rings. The first-order valence-corrected chi connectivity index (χ1v) is 9.94. The molecule has 0 N–H and O–H groups in total. The molecule has 0 amide bonds. The van der Waals surface area contributed by atoms with Crippen molar-refractivity contribution in [1.29, 1.82) is 0 Å². The Hall–Kier alpha value is 0.860. The third-order valence-electron chi connectivity index (χ3n) is 4.30. The van der Waals surface area contributed by atoms with Crippen LogP contribution >= 0.6 is 15.8 Å². The lowest BCUT2D eigenvalue weighted by atomic mass is 10.1. The molecule has 2 aliphatic heterocycles. The minimum atomic E-state index is 0.346. The molecule has 0 aromatic rings. The Morgan fingerprint density at radius 3 is 1.12 bits per heavy atom. The van der Waals surface area contributed by atoms with Crippen LogP contribution < -0.4 is 0 Å². The smallest absolute Gasteiger partial charge is 0.0133 e. The summed E-state index contributed by atoms with van der Waals surface area (Å²) in [5.41, 5.74) is 2.29. The molecule has 0 bridgehead atoms. The van der Waals surface area contributed by atoms with Crippen molar-refractivity contribution in [3.05, 3.63) is 0 Å². The zero-order valence-electron chi connectivity index (χ0n) is 11.9. The summed E-state index contributed by atoms with van der Waals surface area (Å²) in [5, 5.41) is 1.24. The second-order valence-electron chi connectivity index (χ2n) is 7.44. The Bertz CT molecular complexity index is 231. The van der Waals surface area contributed by atoms with Gasteiger partial charge >= 0.3 is 0 Å². The Morgan fingerprint density at radius 2 is 1.00 bits per heavy atom. The highest BCUT2D eigenvalue weighted by atomic mass is 31.1. The summed E-state index contributed by atoms with van der Waals surface area (Å²) < 4.78 is 0. The van der Waals surface area contributed by atoms with Gasteiger partial charge in [-0.2, -0.15) is 0 Å². The third kappa shape index (κ3) is 2.35. The van der Waals surface area contributed by atoms with Crippen molar-refractivity contribution in [2.45, 2.75) is 76.0 Å². The van der Waals surface area contributed by atoms with Crippen LogP contribution in [0, 0.1) is 0 Å². The standard InChI is InChI=1S/C14H28P2/c1-13(2,3)15-9-7-11(15)12-8-10-16(12)14(4,5)6/h11-12H,7-10H2,1-6H3. The molecule has 0 radical (unpaired) electrons. The van der Waals surface area contributed by atoms with Crippen molar-refractivity contribution in [3.63, 3.8) is 0 Å². The van der Waals surface area contributed by atoms with E-state index in [1.54, 1.807) is 25.2 Å². The normalized spacial score (nSPS) is 40.1. The highest BCUT2D eigenvalue weighted by Crippen LogP contribution is 2.73. The van der Waals surface area contributed by atoms with Gasteiger partial charge < -0.3 is 0 Å². The molecule has 0 aliphatic carbocycles. The molecule has 2 rings (SSSR count). The maximum Gasteiger partial charge on any atom is -0.0133 e. The molecule has 0 saturated carbocycles. The predicted octanol–water partition coefficient (Wildman–Crippen LogP) is 5.09. The van der Waals surface area contributed by atoms with Gasteiger partial charge in [0.05, 0.1) is 0 Å². The Kier molecular flexibility index (Phi) is 3.49. The predicted molar refractivity (Wildman–Crippen MR) is 79.9 cm³/mol. The summed E-state index contributed by atoms with van der Waals surface area (Å²) >= 11 is 0. The highest BCUT2D eigenvalue weighted by Gasteiger charge is 2.50. The lowest BCUT2D eigenvalue weighted by Crippen LogP contribution is -2.45. The van der Waals surface area contributed by atoms with Gasteiger partial charge in [0.25, 0.3) is 0 Å². The van der Waals surface area contributed by atoms with E-state index in [-0.39, 0.29) is 0 Å². The maximum atomic E-state index is 2.48. The van der Waals surface area contributed by atoms with Crippen molar-refractivity contribution >= 4 is 15.8 Å². The summed E-state index contributed by atoms with van der Waals surface area (Å²) in [4.78, 5) is 0. The summed E-state index contributed by atoms with van der Waals surface area (Å²) in [7, 11) is 0.692. The minimum Gasteiger partial charge on any atom is -0.0973 e. The van der Waals surface area contributed by atoms with Gasteiger partial charge in [0, 0.05) is 0 Å². The van der Waals surface area contributed by atoms with Crippen LogP contribution in [-0.4, -0.2) is 34.0 Å². The van der Waals surface area contributed by atoms with E-state index in [0.29, 0.717) is 26.2 Å². The van der Waals surface area contributed by atoms with Crippen molar-refractivity contribution in [3.8, 4) is 0 Å². The monoisotopic (exact) mass is 258 g/mol. The lowest BCUT2D eigenvalue weighted by Gasteiger charge is -2.57. The van der Waals surface area contributed by atoms with E-state index in [2.05, 4.69) is 41.5 Å². The third-order valence-corrected chi connectivity index (χ3v) is 12.3. The van der Waals surface area contributed by atoms with Gasteiger partial charge in [0.15, 0.2) is 0 Å². The second-order valence-corrected chi connectivity index (χ2v) is 14.2. The Morgan fingerprint density at radius 1 is 0.688 bits per heavy atom. The van der Waals surface area contributed by atoms with E-state index in [1.807, 2.05) is 0 Å². The van der Waals surface area contributed by atoms with E-state index >= 15 is 0 Å². The molecule has 2 aliphatic rings. The summed E-state index contributed by atoms with van der Waals surface area (Å²) in [5.74, 6) is 0. The molecule has 4 unspecified atom stereocenters. The van der Waals surface area contributed by atoms with Crippen LogP contribution in [0.2, 0.25) is 0 Å². The van der Waals surface area contributed by atoms with Gasteiger partial charge in [-0.3, -0.25) is 0 Å². The van der Waals surface area contributed by atoms with Crippen LogP contribution in [0.1, 0.15) is 54.4 Å². The summed E-state index contributed by atoms with van der Waals surface area (Å²) in [6.07, 6.45) is 6.24. The van der Waals surface area contributed by atoms with Gasteiger partial charge in [-0.05, 0) is 46.8 Å². The first kappa shape index (κ1) is 13.3. The molecule has 2 heteroatoms. The zero-order valence-corrected chi connectivity index (χ0v) is 13.7. The fourth-order valence-corrected chi connectivity index (χ4v) is 10.3. The molecule has 2 heterocycles. The summed E-state index contributed by atoms with van der Waals surface area (Å²) in [6.45, 7) is 14.9. The van der Waals surface area contributed by atoms with E-state index in [1.165, 1.54) is 0 Å². The van der Waals surface area contributed by atoms with Crippen LogP contribution in [-0.2, 0) is 0 Å². The first-order chi connectivity index (χ1) is 7.21. The molecule has 0 aromatic carbocycles. The number of hydrogen-bond acceptors (Lipinski definition) is 0. The fraction of sp³-hybridized carbons (Fsp3) is 1.00. The highest BCUT2D eigenvalue weighted by molar-refractivity contribution is 7.66. The SMILES string of the molecule is CC(C)(C)P1CCC1C1CCP1C(C)(C)C. The van der Waals surface area contributed by atoms with Gasteiger partial charge in [-0.25, -0.2) is 0 Å². The van der Waals surface area contributed by atoms with Crippen LogP contribution in [0.15, 0.2) is 0 Å². The Balaban J connectivity index is 2.00. The minimum absolute atomic E-state index is 0.346. The van der Waals surface area contributed by atoms with Gasteiger partial charge in [-0.1, -0.05) is 57.4 Å². The van der Waals surface area contributed by atoms with Crippen LogP contribution in [0.3, 0.4) is 0 Å². The van der Waals surface area contributed by atoms with Crippen LogP contribution in [0.5, 0.6) is 0 Å². The summed E-state index contributed by atoms with van der Waals surface area (Å²) in [6, 6.07) is 0. The molecule has 94 valence electrons. The van der Waals surface area contributed by atoms with Crippen molar-refractivity contribution < 1.29 is 0 Å². The van der Waals surface area contributed by atoms with Gasteiger partial charge in [0.2, 0.25) is 0 Å². The number of rotatable bonds is 1. The molecule has 0 spiro atoms. The molecule has 4 atom stereocenters. The van der Waals surface area contributed by atoms with Crippen molar-refractivity contribution in [2.75, 3.05) is 12.3 Å². The zero-order chi connectivity index (χ0) is 12.1. The lowest BCUT2D eigenvalue weighted by molar-refractivity contribution is 0.597. The van der Waals surface area contributed by atoms with Gasteiger partial charge in [0.1, 0.15) is 0 Å². The van der Waals surface area contributed by atoms with Crippen molar-refractivity contribution in [2.24, 2.45) is 0 Å². The molecule has 0 aromatic heterocycles.